The Morgan fingerprint density at radius 2 is 2.40 bits per heavy atom. The number of rotatable bonds is 1. The summed E-state index contributed by atoms with van der Waals surface area (Å²) in [6.07, 6.45) is 1.74. The van der Waals surface area contributed by atoms with Crippen molar-refractivity contribution in [2.24, 2.45) is 0 Å². The number of carbonyl (C=O) groups is 1. The van der Waals surface area contributed by atoms with Gasteiger partial charge in [-0.05, 0) is 7.05 Å². The van der Waals surface area contributed by atoms with E-state index in [1.54, 1.807) is 6.08 Å². The van der Waals surface area contributed by atoms with Gasteiger partial charge in [0.2, 0.25) is 0 Å². The first-order chi connectivity index (χ1) is 4.20. The molecule has 0 spiro atoms. The summed E-state index contributed by atoms with van der Waals surface area (Å²) >= 11 is 0. The summed E-state index contributed by atoms with van der Waals surface area (Å²) in [5, 5.41) is 8.44. The maximum Gasteiger partial charge on any atom is 0.332 e. The zero-order chi connectivity index (χ0) is 6.85. The number of hydrogen-bond donors (Lipinski definition) is 1. The Morgan fingerprint density at radius 3 is 2.60 bits per heavy atom. The minimum atomic E-state index is -0.792. The van der Waals surface area contributed by atoms with Crippen molar-refractivity contribution in [2.45, 2.75) is 0 Å². The average molecular weight is 164 g/mol. The predicted molar refractivity (Wildman–Crippen MR) is 40.5 cm³/mol. The molecule has 0 atom stereocenters. The molecule has 0 fully saturated rings. The largest absolute Gasteiger partial charge is 0.478 e. The van der Waals surface area contributed by atoms with E-state index in [0.29, 0.717) is 12.1 Å². The molecule has 4 heteroatoms. The lowest BCUT2D eigenvalue weighted by molar-refractivity contribution is -0.132. The highest BCUT2D eigenvalue weighted by atomic mass is 35.5. The van der Waals surface area contributed by atoms with Gasteiger partial charge in [-0.3, -0.25) is 4.90 Å². The maximum atomic E-state index is 10.3. The van der Waals surface area contributed by atoms with Gasteiger partial charge < -0.3 is 5.11 Å². The Morgan fingerprint density at radius 1 is 1.80 bits per heavy atom. The fraction of sp³-hybridized carbons (Fsp3) is 0.500. The van der Waals surface area contributed by atoms with Crippen molar-refractivity contribution in [3.8, 4) is 0 Å². The fourth-order valence-corrected chi connectivity index (χ4v) is 0.841. The molecule has 1 aliphatic heterocycles. The highest BCUT2D eigenvalue weighted by molar-refractivity contribution is 5.87. The van der Waals surface area contributed by atoms with Crippen LogP contribution in [0.25, 0.3) is 0 Å². The predicted octanol–water partition coefficient (Wildman–Crippen LogP) is 0.365. The summed E-state index contributed by atoms with van der Waals surface area (Å²) in [6, 6.07) is 0. The molecule has 58 valence electrons. The van der Waals surface area contributed by atoms with Crippen molar-refractivity contribution in [3.05, 3.63) is 11.6 Å². The molecule has 0 aromatic rings. The van der Waals surface area contributed by atoms with Gasteiger partial charge in [0.25, 0.3) is 0 Å². The Labute approximate surface area is 65.7 Å². The summed E-state index contributed by atoms with van der Waals surface area (Å²) in [6.45, 7) is 1.34. The van der Waals surface area contributed by atoms with Crippen LogP contribution in [-0.2, 0) is 4.79 Å². The van der Waals surface area contributed by atoms with Gasteiger partial charge in [-0.1, -0.05) is 6.08 Å². The van der Waals surface area contributed by atoms with Crippen molar-refractivity contribution in [1.82, 2.24) is 4.90 Å². The summed E-state index contributed by atoms with van der Waals surface area (Å²) in [7, 11) is 1.90. The molecule has 0 radical (unpaired) electrons. The molecule has 0 aromatic heterocycles. The summed E-state index contributed by atoms with van der Waals surface area (Å²) in [5.41, 5.74) is 0.512. The molecule has 0 aliphatic carbocycles. The fourth-order valence-electron chi connectivity index (χ4n) is 0.841. The Balaban J connectivity index is 0.000000810. The third-order valence-electron chi connectivity index (χ3n) is 1.36. The maximum absolute atomic E-state index is 10.3. The number of nitrogens with zero attached hydrogens (tertiary/aromatic N) is 1. The average Bonchev–Trinajstić information content (AvgIpc) is 2.14. The standard InChI is InChI=1S/C6H9NO2.ClH/c1-7-3-2-5(4-7)6(8)9;/h2H,3-4H2,1H3,(H,8,9);1H. The number of hydrogen-bond acceptors (Lipinski definition) is 2. The van der Waals surface area contributed by atoms with Gasteiger partial charge in [-0.25, -0.2) is 4.79 Å². The molecule has 1 N–H and O–H groups in total. The molecule has 0 aromatic carbocycles. The van der Waals surface area contributed by atoms with Crippen LogP contribution in [0.2, 0.25) is 0 Å². The lowest BCUT2D eigenvalue weighted by Crippen LogP contribution is -2.16. The van der Waals surface area contributed by atoms with Crippen LogP contribution in [0.1, 0.15) is 0 Å². The van der Waals surface area contributed by atoms with Gasteiger partial charge in [-0.2, -0.15) is 0 Å². The van der Waals surface area contributed by atoms with Crippen molar-refractivity contribution >= 4 is 18.4 Å². The van der Waals surface area contributed by atoms with Gasteiger partial charge in [0.1, 0.15) is 0 Å². The minimum Gasteiger partial charge on any atom is -0.478 e. The molecule has 0 saturated carbocycles. The van der Waals surface area contributed by atoms with Crippen molar-refractivity contribution in [2.75, 3.05) is 20.1 Å². The van der Waals surface area contributed by atoms with Crippen molar-refractivity contribution in [3.63, 3.8) is 0 Å². The van der Waals surface area contributed by atoms with E-state index in [-0.39, 0.29) is 12.4 Å². The third kappa shape index (κ3) is 2.01. The number of carboxylic acids is 1. The SMILES string of the molecule is CN1CC=C(C(=O)O)C1.Cl. The first kappa shape index (κ1) is 9.46. The highest BCUT2D eigenvalue weighted by Crippen LogP contribution is 2.05. The minimum absolute atomic E-state index is 0. The second-order valence-corrected chi connectivity index (χ2v) is 2.23. The van der Waals surface area contributed by atoms with E-state index < -0.39 is 5.97 Å². The second kappa shape index (κ2) is 3.58. The highest BCUT2D eigenvalue weighted by Gasteiger charge is 2.14. The van der Waals surface area contributed by atoms with Crippen LogP contribution in [0.15, 0.2) is 11.6 Å². The van der Waals surface area contributed by atoms with Gasteiger partial charge in [0.15, 0.2) is 0 Å². The van der Waals surface area contributed by atoms with Crippen LogP contribution < -0.4 is 0 Å². The lowest BCUT2D eigenvalue weighted by Gasteiger charge is -2.03. The van der Waals surface area contributed by atoms with Crippen LogP contribution in [-0.4, -0.2) is 36.1 Å². The molecule has 1 rings (SSSR count). The molecular formula is C6H10ClNO2. The van der Waals surface area contributed by atoms with E-state index in [1.807, 2.05) is 11.9 Å². The monoisotopic (exact) mass is 163 g/mol. The van der Waals surface area contributed by atoms with Crippen LogP contribution in [0.4, 0.5) is 0 Å². The zero-order valence-corrected chi connectivity index (χ0v) is 6.52. The summed E-state index contributed by atoms with van der Waals surface area (Å²) < 4.78 is 0. The van der Waals surface area contributed by atoms with Crippen LogP contribution >= 0.6 is 12.4 Å². The quantitative estimate of drug-likeness (QED) is 0.607. The number of aliphatic carboxylic acids is 1. The first-order valence-electron chi connectivity index (χ1n) is 2.81. The van der Waals surface area contributed by atoms with Crippen molar-refractivity contribution < 1.29 is 9.90 Å². The van der Waals surface area contributed by atoms with E-state index in [4.69, 9.17) is 5.11 Å². The number of likely N-dealkylation sites (N-methyl/N-ethyl adjacent to an activating group) is 1. The van der Waals surface area contributed by atoms with E-state index in [1.165, 1.54) is 0 Å². The molecule has 0 unspecified atom stereocenters. The first-order valence-corrected chi connectivity index (χ1v) is 2.81. The Kier molecular flexibility index (Phi) is 3.39. The number of carboxylic acid groups (broad SMARTS) is 1. The van der Waals surface area contributed by atoms with Crippen LogP contribution in [0.3, 0.4) is 0 Å². The molecule has 0 saturated heterocycles. The molecule has 0 bridgehead atoms. The third-order valence-corrected chi connectivity index (χ3v) is 1.36. The summed E-state index contributed by atoms with van der Waals surface area (Å²) in [4.78, 5) is 12.2. The van der Waals surface area contributed by atoms with E-state index in [2.05, 4.69) is 0 Å². The molecule has 1 aliphatic rings. The second-order valence-electron chi connectivity index (χ2n) is 2.23. The molecule has 10 heavy (non-hydrogen) atoms. The molecule has 3 nitrogen and oxygen atoms in total. The van der Waals surface area contributed by atoms with E-state index in [9.17, 15) is 4.79 Å². The van der Waals surface area contributed by atoms with Gasteiger partial charge in [-0.15, -0.1) is 12.4 Å². The van der Waals surface area contributed by atoms with Gasteiger partial charge >= 0.3 is 5.97 Å². The lowest BCUT2D eigenvalue weighted by atomic mass is 10.3. The van der Waals surface area contributed by atoms with Crippen LogP contribution in [0, 0.1) is 0 Å². The zero-order valence-electron chi connectivity index (χ0n) is 5.70. The van der Waals surface area contributed by atoms with Gasteiger partial charge in [0, 0.05) is 18.7 Å². The normalized spacial score (nSPS) is 17.9. The number of halogens is 1. The smallest absolute Gasteiger partial charge is 0.332 e. The van der Waals surface area contributed by atoms with Crippen LogP contribution in [0.5, 0.6) is 0 Å². The van der Waals surface area contributed by atoms with Crippen molar-refractivity contribution in [1.29, 1.82) is 0 Å². The molecule has 1 heterocycles. The Bertz CT molecular complexity index is 167. The Hall–Kier alpha value is -0.540. The summed E-state index contributed by atoms with van der Waals surface area (Å²) in [5.74, 6) is -0.792. The molecule has 0 amide bonds. The van der Waals surface area contributed by atoms with Gasteiger partial charge in [0.05, 0.1) is 0 Å². The molecular weight excluding hydrogens is 154 g/mol. The van der Waals surface area contributed by atoms with E-state index in [0.717, 1.165) is 6.54 Å². The van der Waals surface area contributed by atoms with E-state index >= 15 is 0 Å². The topological polar surface area (TPSA) is 40.5 Å².